The SMILES string of the molecule is FC(F)(F)c1cc(CNC(=S)Nc2cccnc2)cc(C(F)(F)F)c1. The summed E-state index contributed by atoms with van der Waals surface area (Å²) in [5, 5.41) is 5.32. The number of nitrogens with one attached hydrogen (secondary N) is 2. The summed E-state index contributed by atoms with van der Waals surface area (Å²) in [4.78, 5) is 3.83. The summed E-state index contributed by atoms with van der Waals surface area (Å²) in [6.07, 6.45) is -6.78. The van der Waals surface area contributed by atoms with E-state index in [0.29, 0.717) is 17.8 Å². The van der Waals surface area contributed by atoms with Crippen LogP contribution < -0.4 is 10.6 Å². The molecule has 0 fully saturated rings. The minimum absolute atomic E-state index is 0.0407. The summed E-state index contributed by atoms with van der Waals surface area (Å²) in [5.41, 5.74) is -2.41. The highest BCUT2D eigenvalue weighted by Gasteiger charge is 2.36. The first-order valence-corrected chi connectivity index (χ1v) is 7.20. The van der Waals surface area contributed by atoms with Crippen molar-refractivity contribution in [3.8, 4) is 0 Å². The van der Waals surface area contributed by atoms with Crippen molar-refractivity contribution in [2.75, 3.05) is 5.32 Å². The maximum Gasteiger partial charge on any atom is 0.416 e. The third-order valence-corrected chi connectivity index (χ3v) is 3.27. The molecule has 0 radical (unpaired) electrons. The van der Waals surface area contributed by atoms with Crippen LogP contribution in [0.15, 0.2) is 42.7 Å². The van der Waals surface area contributed by atoms with E-state index >= 15 is 0 Å². The van der Waals surface area contributed by atoms with Crippen molar-refractivity contribution in [1.29, 1.82) is 0 Å². The number of halogens is 6. The minimum Gasteiger partial charge on any atom is -0.358 e. The number of aromatic nitrogens is 1. The maximum absolute atomic E-state index is 12.8. The van der Waals surface area contributed by atoms with Crippen molar-refractivity contribution in [2.45, 2.75) is 18.9 Å². The van der Waals surface area contributed by atoms with Gasteiger partial charge in [0.1, 0.15) is 0 Å². The lowest BCUT2D eigenvalue weighted by molar-refractivity contribution is -0.143. The molecule has 0 saturated carbocycles. The van der Waals surface area contributed by atoms with Gasteiger partial charge in [0.05, 0.1) is 23.0 Å². The van der Waals surface area contributed by atoms with E-state index in [9.17, 15) is 26.3 Å². The van der Waals surface area contributed by atoms with E-state index in [2.05, 4.69) is 15.6 Å². The zero-order valence-electron chi connectivity index (χ0n) is 12.4. The molecule has 0 aliphatic heterocycles. The van der Waals surface area contributed by atoms with Crippen LogP contribution in [0.25, 0.3) is 0 Å². The van der Waals surface area contributed by atoms with Gasteiger partial charge in [0.25, 0.3) is 0 Å². The van der Waals surface area contributed by atoms with E-state index in [1.54, 1.807) is 12.1 Å². The molecule has 1 aromatic carbocycles. The fourth-order valence-electron chi connectivity index (χ4n) is 1.92. The number of hydrogen-bond acceptors (Lipinski definition) is 2. The largest absolute Gasteiger partial charge is 0.416 e. The Kier molecular flexibility index (Phi) is 5.51. The Morgan fingerprint density at radius 2 is 1.60 bits per heavy atom. The van der Waals surface area contributed by atoms with Crippen LogP contribution in [0.2, 0.25) is 0 Å². The van der Waals surface area contributed by atoms with Crippen LogP contribution in [0.3, 0.4) is 0 Å². The van der Waals surface area contributed by atoms with E-state index in [4.69, 9.17) is 12.2 Å². The summed E-state index contributed by atoms with van der Waals surface area (Å²) < 4.78 is 76.7. The topological polar surface area (TPSA) is 37.0 Å². The molecule has 1 heterocycles. The first-order valence-electron chi connectivity index (χ1n) is 6.79. The number of hydrogen-bond donors (Lipinski definition) is 2. The van der Waals surface area contributed by atoms with Crippen molar-refractivity contribution in [2.24, 2.45) is 0 Å². The van der Waals surface area contributed by atoms with Gasteiger partial charge in [-0.15, -0.1) is 0 Å². The molecule has 134 valence electrons. The number of anilines is 1. The average molecular weight is 379 g/mol. The number of thiocarbonyl (C=S) groups is 1. The van der Waals surface area contributed by atoms with Crippen molar-refractivity contribution in [3.05, 3.63) is 59.4 Å². The van der Waals surface area contributed by atoms with Crippen molar-refractivity contribution < 1.29 is 26.3 Å². The third-order valence-electron chi connectivity index (χ3n) is 3.02. The second kappa shape index (κ2) is 7.26. The molecule has 10 heteroatoms. The van der Waals surface area contributed by atoms with Gasteiger partial charge in [-0.2, -0.15) is 26.3 Å². The lowest BCUT2D eigenvalue weighted by atomic mass is 10.0. The van der Waals surface area contributed by atoms with Gasteiger partial charge in [0, 0.05) is 12.7 Å². The van der Waals surface area contributed by atoms with Gasteiger partial charge in [0.15, 0.2) is 5.11 Å². The first-order chi connectivity index (χ1) is 11.6. The van der Waals surface area contributed by atoms with Gasteiger partial charge in [-0.05, 0) is 48.1 Å². The molecule has 0 bridgehead atoms. The van der Waals surface area contributed by atoms with E-state index in [1.165, 1.54) is 12.4 Å². The summed E-state index contributed by atoms with van der Waals surface area (Å²) in [5.74, 6) is 0. The zero-order valence-corrected chi connectivity index (χ0v) is 13.2. The molecule has 2 N–H and O–H groups in total. The van der Waals surface area contributed by atoms with Gasteiger partial charge in [-0.3, -0.25) is 4.98 Å². The lowest BCUT2D eigenvalue weighted by Crippen LogP contribution is -2.28. The van der Waals surface area contributed by atoms with Gasteiger partial charge in [-0.25, -0.2) is 0 Å². The molecule has 0 unspecified atom stereocenters. The highest BCUT2D eigenvalue weighted by Crippen LogP contribution is 2.36. The molecule has 0 aliphatic carbocycles. The molecule has 0 spiro atoms. The molecule has 2 rings (SSSR count). The Morgan fingerprint density at radius 3 is 2.08 bits per heavy atom. The number of rotatable bonds is 3. The quantitative estimate of drug-likeness (QED) is 0.604. The standard InChI is InChI=1S/C15H11F6N3S/c16-14(17,18)10-4-9(5-11(6-10)15(19,20)21)7-23-13(25)24-12-2-1-3-22-8-12/h1-6,8H,7H2,(H2,23,24,25). The first kappa shape index (κ1) is 19.0. The molecule has 0 amide bonds. The summed E-state index contributed by atoms with van der Waals surface area (Å²) in [7, 11) is 0. The maximum atomic E-state index is 12.8. The molecular weight excluding hydrogens is 368 g/mol. The van der Waals surface area contributed by atoms with Crippen LogP contribution in [0.1, 0.15) is 16.7 Å². The van der Waals surface area contributed by atoms with Crippen molar-refractivity contribution in [1.82, 2.24) is 10.3 Å². The fraction of sp³-hybridized carbons (Fsp3) is 0.200. The molecule has 3 nitrogen and oxygen atoms in total. The smallest absolute Gasteiger partial charge is 0.358 e. The van der Waals surface area contributed by atoms with Crippen LogP contribution in [-0.2, 0) is 18.9 Å². The van der Waals surface area contributed by atoms with Crippen LogP contribution in [0.4, 0.5) is 32.0 Å². The Morgan fingerprint density at radius 1 is 1.00 bits per heavy atom. The van der Waals surface area contributed by atoms with E-state index in [0.717, 1.165) is 0 Å². The Labute approximate surface area is 144 Å². The molecule has 0 aliphatic rings. The molecule has 2 aromatic rings. The van der Waals surface area contributed by atoms with Crippen LogP contribution in [-0.4, -0.2) is 10.1 Å². The number of nitrogens with zero attached hydrogens (tertiary/aromatic N) is 1. The monoisotopic (exact) mass is 379 g/mol. The predicted octanol–water partition coefficient (Wildman–Crippen LogP) is 4.61. The van der Waals surface area contributed by atoms with Crippen molar-refractivity contribution in [3.63, 3.8) is 0 Å². The zero-order chi connectivity index (χ0) is 18.7. The Bertz CT molecular complexity index is 711. The fourth-order valence-corrected chi connectivity index (χ4v) is 2.11. The number of benzene rings is 1. The van der Waals surface area contributed by atoms with Crippen molar-refractivity contribution >= 4 is 23.0 Å². The van der Waals surface area contributed by atoms with Gasteiger partial charge in [-0.1, -0.05) is 0 Å². The van der Waals surface area contributed by atoms with Crippen LogP contribution in [0.5, 0.6) is 0 Å². The summed E-state index contributed by atoms with van der Waals surface area (Å²) >= 11 is 4.95. The average Bonchev–Trinajstić information content (AvgIpc) is 2.52. The lowest BCUT2D eigenvalue weighted by Gasteiger charge is -2.15. The Balaban J connectivity index is 2.14. The summed E-state index contributed by atoms with van der Waals surface area (Å²) in [6.45, 7) is -0.306. The molecule has 25 heavy (non-hydrogen) atoms. The third kappa shape index (κ3) is 5.59. The van der Waals surface area contributed by atoms with Crippen LogP contribution >= 0.6 is 12.2 Å². The van der Waals surface area contributed by atoms with E-state index in [-0.39, 0.29) is 23.3 Å². The number of alkyl halides is 6. The van der Waals surface area contributed by atoms with E-state index in [1.807, 2.05) is 0 Å². The second-order valence-electron chi connectivity index (χ2n) is 4.96. The molecular formula is C15H11F6N3S. The summed E-state index contributed by atoms with van der Waals surface area (Å²) in [6, 6.07) is 4.65. The predicted molar refractivity (Wildman–Crippen MR) is 83.7 cm³/mol. The van der Waals surface area contributed by atoms with Gasteiger partial charge < -0.3 is 10.6 Å². The van der Waals surface area contributed by atoms with E-state index < -0.39 is 23.5 Å². The van der Waals surface area contributed by atoms with Gasteiger partial charge >= 0.3 is 12.4 Å². The van der Waals surface area contributed by atoms with Crippen LogP contribution in [0, 0.1) is 0 Å². The molecule has 1 aromatic heterocycles. The Hall–Kier alpha value is -2.36. The second-order valence-corrected chi connectivity index (χ2v) is 5.37. The van der Waals surface area contributed by atoms with Gasteiger partial charge in [0.2, 0.25) is 0 Å². The molecule has 0 saturated heterocycles. The molecule has 0 atom stereocenters. The highest BCUT2D eigenvalue weighted by atomic mass is 32.1. The highest BCUT2D eigenvalue weighted by molar-refractivity contribution is 7.80. The minimum atomic E-state index is -4.88. The number of pyridine rings is 1. The normalized spacial score (nSPS) is 11.9.